The fourth-order valence-electron chi connectivity index (χ4n) is 1.43. The molecule has 1 rings (SSSR count). The van der Waals surface area contributed by atoms with Crippen LogP contribution in [-0.4, -0.2) is 32.7 Å². The monoisotopic (exact) mass is 278 g/mol. The highest BCUT2D eigenvalue weighted by molar-refractivity contribution is 7.89. The number of hydrogen-bond donors (Lipinski definition) is 1. The first-order valence-electron chi connectivity index (χ1n) is 5.35. The molecule has 0 radical (unpaired) electrons. The lowest BCUT2D eigenvalue weighted by atomic mass is 10.1. The Balaban J connectivity index is 3.08. The number of nitrogens with two attached hydrogens (primary N) is 1. The van der Waals surface area contributed by atoms with Gasteiger partial charge < -0.3 is 5.73 Å². The fraction of sp³-hybridized carbons (Fsp3) is 0.455. The quantitative estimate of drug-likeness (QED) is 0.889. The molecule has 1 unspecified atom stereocenters. The number of sulfonamides is 1. The zero-order chi connectivity index (χ0) is 13.9. The van der Waals surface area contributed by atoms with Gasteiger partial charge in [-0.2, -0.15) is 4.31 Å². The maximum absolute atomic E-state index is 12.2. The minimum atomic E-state index is -3.89. The summed E-state index contributed by atoms with van der Waals surface area (Å²) in [6, 6.07) is 5.68. The van der Waals surface area contributed by atoms with Crippen LogP contribution in [0.4, 0.5) is 8.78 Å². The van der Waals surface area contributed by atoms with Gasteiger partial charge in [-0.15, -0.1) is 0 Å². The molecule has 1 aromatic rings. The molecular formula is C11H16F2N2O2S. The van der Waals surface area contributed by atoms with Crippen LogP contribution in [0, 0.1) is 0 Å². The Bertz CT molecular complexity index is 504. The van der Waals surface area contributed by atoms with Crippen molar-refractivity contribution >= 4 is 10.0 Å². The highest BCUT2D eigenvalue weighted by Gasteiger charge is 2.23. The van der Waals surface area contributed by atoms with E-state index in [0.717, 1.165) is 7.05 Å². The van der Waals surface area contributed by atoms with Crippen molar-refractivity contribution < 1.29 is 17.2 Å². The van der Waals surface area contributed by atoms with Crippen molar-refractivity contribution in [1.29, 1.82) is 0 Å². The van der Waals surface area contributed by atoms with Gasteiger partial charge in [0.15, 0.2) is 0 Å². The average molecular weight is 278 g/mol. The number of alkyl halides is 2. The molecule has 7 heteroatoms. The molecule has 0 saturated heterocycles. The summed E-state index contributed by atoms with van der Waals surface area (Å²) in [4.78, 5) is -0.0274. The minimum Gasteiger partial charge on any atom is -0.324 e. The van der Waals surface area contributed by atoms with E-state index in [9.17, 15) is 17.2 Å². The van der Waals surface area contributed by atoms with Crippen molar-refractivity contribution in [2.24, 2.45) is 5.73 Å². The van der Waals surface area contributed by atoms with Crippen LogP contribution >= 0.6 is 0 Å². The van der Waals surface area contributed by atoms with E-state index in [2.05, 4.69) is 0 Å². The lowest BCUT2D eigenvalue weighted by molar-refractivity contribution is 0.126. The molecule has 0 fully saturated rings. The molecule has 0 aromatic heterocycles. The molecule has 0 saturated carbocycles. The maximum Gasteiger partial charge on any atom is 0.252 e. The van der Waals surface area contributed by atoms with Crippen molar-refractivity contribution in [3.8, 4) is 0 Å². The second kappa shape index (κ2) is 5.73. The highest BCUT2D eigenvalue weighted by atomic mass is 32.2. The predicted octanol–water partition coefficient (Wildman–Crippen LogP) is 1.59. The molecule has 2 N–H and O–H groups in total. The Hall–Kier alpha value is -1.05. The van der Waals surface area contributed by atoms with E-state index in [-0.39, 0.29) is 10.9 Å². The minimum absolute atomic E-state index is 0.0274. The van der Waals surface area contributed by atoms with Gasteiger partial charge in [-0.05, 0) is 24.6 Å². The molecule has 1 aromatic carbocycles. The van der Waals surface area contributed by atoms with Gasteiger partial charge in [0.2, 0.25) is 10.0 Å². The van der Waals surface area contributed by atoms with E-state index in [1.54, 1.807) is 19.1 Å². The van der Waals surface area contributed by atoms with Gasteiger partial charge >= 0.3 is 0 Å². The first-order valence-corrected chi connectivity index (χ1v) is 6.79. The van der Waals surface area contributed by atoms with Crippen molar-refractivity contribution in [3.63, 3.8) is 0 Å². The van der Waals surface area contributed by atoms with Gasteiger partial charge in [0.25, 0.3) is 6.43 Å². The molecule has 0 bridgehead atoms. The molecule has 18 heavy (non-hydrogen) atoms. The van der Waals surface area contributed by atoms with E-state index in [4.69, 9.17) is 5.73 Å². The van der Waals surface area contributed by atoms with Crippen LogP contribution in [0.1, 0.15) is 18.5 Å². The zero-order valence-electron chi connectivity index (χ0n) is 10.2. The second-order valence-electron chi connectivity index (χ2n) is 4.04. The van der Waals surface area contributed by atoms with Crippen LogP contribution in [0.15, 0.2) is 29.2 Å². The molecule has 0 aliphatic rings. The molecule has 0 amide bonds. The van der Waals surface area contributed by atoms with E-state index < -0.39 is 23.0 Å². The lowest BCUT2D eigenvalue weighted by Gasteiger charge is -2.17. The first-order chi connectivity index (χ1) is 8.25. The average Bonchev–Trinajstić information content (AvgIpc) is 2.28. The summed E-state index contributed by atoms with van der Waals surface area (Å²) in [6.45, 7) is 0.888. The summed E-state index contributed by atoms with van der Waals surface area (Å²) in [6.07, 6.45) is -2.71. The molecule has 1 atom stereocenters. The lowest BCUT2D eigenvalue weighted by Crippen LogP contribution is -2.31. The standard InChI is InChI=1S/C11H16F2N2O2S/c1-8(14)9-4-3-5-10(6-9)18(16,17)15(2)7-11(12)13/h3-6,8,11H,7,14H2,1-2H3. The molecule has 0 aliphatic heterocycles. The van der Waals surface area contributed by atoms with Gasteiger partial charge in [0.05, 0.1) is 11.4 Å². The highest BCUT2D eigenvalue weighted by Crippen LogP contribution is 2.19. The number of rotatable bonds is 5. The summed E-state index contributed by atoms with van der Waals surface area (Å²) < 4.78 is 49.1. The van der Waals surface area contributed by atoms with Crippen molar-refractivity contribution in [2.75, 3.05) is 13.6 Å². The first kappa shape index (κ1) is 15.0. The van der Waals surface area contributed by atoms with Gasteiger partial charge in [0.1, 0.15) is 0 Å². The third-order valence-electron chi connectivity index (χ3n) is 2.49. The Morgan fingerprint density at radius 3 is 2.50 bits per heavy atom. The van der Waals surface area contributed by atoms with Crippen LogP contribution in [0.25, 0.3) is 0 Å². The van der Waals surface area contributed by atoms with Gasteiger partial charge in [-0.1, -0.05) is 12.1 Å². The maximum atomic E-state index is 12.2. The SMILES string of the molecule is CC(N)c1cccc(S(=O)(=O)N(C)CC(F)F)c1. The molecular weight excluding hydrogens is 262 g/mol. The number of hydrogen-bond acceptors (Lipinski definition) is 3. The van der Waals surface area contributed by atoms with Crippen molar-refractivity contribution in [1.82, 2.24) is 4.31 Å². The molecule has 0 heterocycles. The molecule has 102 valence electrons. The third kappa shape index (κ3) is 3.47. The van der Waals surface area contributed by atoms with Crippen LogP contribution in [0.5, 0.6) is 0 Å². The topological polar surface area (TPSA) is 63.4 Å². The smallest absolute Gasteiger partial charge is 0.252 e. The Morgan fingerprint density at radius 1 is 1.39 bits per heavy atom. The largest absolute Gasteiger partial charge is 0.324 e. The van der Waals surface area contributed by atoms with Crippen LogP contribution in [0.3, 0.4) is 0 Å². The van der Waals surface area contributed by atoms with Crippen LogP contribution in [-0.2, 0) is 10.0 Å². The van der Waals surface area contributed by atoms with E-state index in [1.807, 2.05) is 0 Å². The number of nitrogens with zero attached hydrogens (tertiary/aromatic N) is 1. The van der Waals surface area contributed by atoms with Crippen molar-refractivity contribution in [3.05, 3.63) is 29.8 Å². The van der Waals surface area contributed by atoms with Gasteiger partial charge in [-0.3, -0.25) is 0 Å². The number of benzene rings is 1. The molecule has 0 aliphatic carbocycles. The summed E-state index contributed by atoms with van der Waals surface area (Å²) in [7, 11) is -2.77. The Kier molecular flexibility index (Phi) is 4.78. The predicted molar refractivity (Wildman–Crippen MR) is 64.9 cm³/mol. The van der Waals surface area contributed by atoms with Crippen LogP contribution < -0.4 is 5.73 Å². The van der Waals surface area contributed by atoms with Gasteiger partial charge in [0, 0.05) is 13.1 Å². The molecule has 4 nitrogen and oxygen atoms in total. The Labute approximate surface area is 105 Å². The molecule has 0 spiro atoms. The summed E-state index contributed by atoms with van der Waals surface area (Å²) in [5.74, 6) is 0. The normalized spacial score (nSPS) is 14.2. The van der Waals surface area contributed by atoms with E-state index >= 15 is 0 Å². The fourth-order valence-corrected chi connectivity index (χ4v) is 2.64. The third-order valence-corrected chi connectivity index (χ3v) is 4.31. The van der Waals surface area contributed by atoms with Gasteiger partial charge in [-0.25, -0.2) is 17.2 Å². The van der Waals surface area contributed by atoms with E-state index in [0.29, 0.717) is 9.87 Å². The number of halogens is 2. The second-order valence-corrected chi connectivity index (χ2v) is 6.08. The van der Waals surface area contributed by atoms with Crippen molar-refractivity contribution in [2.45, 2.75) is 24.3 Å². The Morgan fingerprint density at radius 2 is 2.00 bits per heavy atom. The van der Waals surface area contributed by atoms with E-state index in [1.165, 1.54) is 12.1 Å². The zero-order valence-corrected chi connectivity index (χ0v) is 11.0. The summed E-state index contributed by atoms with van der Waals surface area (Å²) in [5, 5.41) is 0. The summed E-state index contributed by atoms with van der Waals surface area (Å²) >= 11 is 0. The summed E-state index contributed by atoms with van der Waals surface area (Å²) in [5.41, 5.74) is 6.29. The van der Waals surface area contributed by atoms with Crippen LogP contribution in [0.2, 0.25) is 0 Å².